The number of benzene rings is 1. The molecule has 15 atom stereocenters. The number of likely N-dealkylation sites (tertiary alicyclic amines) is 1. The van der Waals surface area contributed by atoms with Gasteiger partial charge in [0.05, 0.1) is 24.4 Å². The molecule has 1 aromatic rings. The smallest absolute Gasteiger partial charge is 0.338 e. The zero-order valence-electron chi connectivity index (χ0n) is 28.3. The number of carbonyl (C=O) groups is 2. The molecule has 1 spiro atoms. The van der Waals surface area contributed by atoms with Crippen LogP contribution >= 0.6 is 0 Å². The zero-order valence-corrected chi connectivity index (χ0v) is 28.3. The first-order chi connectivity index (χ1) is 22.5. The van der Waals surface area contributed by atoms with Gasteiger partial charge in [0.2, 0.25) is 0 Å². The molecular formula is C35H49NO11. The summed E-state index contributed by atoms with van der Waals surface area (Å²) in [5.74, 6) is -2.73. The van der Waals surface area contributed by atoms with Gasteiger partial charge in [-0.25, -0.2) is 4.79 Å². The third-order valence-corrected chi connectivity index (χ3v) is 13.2. The predicted molar refractivity (Wildman–Crippen MR) is 165 cm³/mol. The van der Waals surface area contributed by atoms with Gasteiger partial charge in [0.15, 0.2) is 0 Å². The number of esters is 2. The number of hydrogen-bond acceptors (Lipinski definition) is 12. The Morgan fingerprint density at radius 2 is 1.70 bits per heavy atom. The summed E-state index contributed by atoms with van der Waals surface area (Å²) in [6.45, 7) is 4.39. The standard InChI is InChI=1S/C35H49NO11/c1-8-45-35-23-20(15-33(40,30(44-7)28(35)38)29(23)47-31(39)19-12-10-9-11-13-19)34-22(42-5)14-21(46-18(2)37)32(17-41-4)16-36(3)27(34)24(35)25(43-6)26(32)34/h9-13,20-30,38,40H,8,14-17H2,1-7H3/t20-,21-,22+,23-,24?,25+,26-,27?,28+,29-,30+,32+,33-,34?,35-/m1/s1. The van der Waals surface area contributed by atoms with E-state index >= 15 is 0 Å². The van der Waals surface area contributed by atoms with Crippen LogP contribution in [0.15, 0.2) is 30.3 Å². The fraction of sp³-hybridized carbons (Fsp3) is 0.771. The lowest BCUT2D eigenvalue weighted by Crippen LogP contribution is -2.81. The zero-order chi connectivity index (χ0) is 33.7. The molecular weight excluding hydrogens is 610 g/mol. The highest BCUT2D eigenvalue weighted by molar-refractivity contribution is 5.89. The second-order valence-corrected chi connectivity index (χ2v) is 14.7. The van der Waals surface area contributed by atoms with E-state index in [1.54, 1.807) is 45.6 Å². The van der Waals surface area contributed by atoms with E-state index in [0.29, 0.717) is 18.5 Å². The van der Waals surface area contributed by atoms with Crippen LogP contribution in [0.2, 0.25) is 0 Å². The first kappa shape index (κ1) is 33.3. The molecule has 6 aliphatic rings. The highest BCUT2D eigenvalue weighted by Crippen LogP contribution is 2.80. The topological polar surface area (TPSA) is 142 Å². The Hall–Kier alpha value is -2.16. The fourth-order valence-corrected chi connectivity index (χ4v) is 12.6. The van der Waals surface area contributed by atoms with E-state index in [-0.39, 0.29) is 43.5 Å². The molecule has 0 radical (unpaired) electrons. The Labute approximate surface area is 275 Å². The highest BCUT2D eigenvalue weighted by Gasteiger charge is 2.91. The Kier molecular flexibility index (Phi) is 8.12. The van der Waals surface area contributed by atoms with E-state index in [9.17, 15) is 19.8 Å². The maximum absolute atomic E-state index is 13.8. The van der Waals surface area contributed by atoms with Crippen LogP contribution in [0.1, 0.15) is 37.0 Å². The van der Waals surface area contributed by atoms with E-state index < -0.39 is 76.5 Å². The van der Waals surface area contributed by atoms with Crippen LogP contribution < -0.4 is 0 Å². The number of fused-ring (bicyclic) bond motifs is 2. The Balaban J connectivity index is 1.50. The molecule has 1 aromatic carbocycles. The molecule has 1 heterocycles. The average Bonchev–Trinajstić information content (AvgIpc) is 3.43. The fourth-order valence-electron chi connectivity index (χ4n) is 12.6. The Morgan fingerprint density at radius 3 is 2.30 bits per heavy atom. The van der Waals surface area contributed by atoms with Gasteiger partial charge in [-0.3, -0.25) is 4.79 Å². The molecule has 12 heteroatoms. The minimum absolute atomic E-state index is 0.167. The largest absolute Gasteiger partial charge is 0.462 e. The maximum atomic E-state index is 13.8. The number of aliphatic hydroxyl groups is 2. The van der Waals surface area contributed by atoms with Crippen molar-refractivity contribution < 1.29 is 53.0 Å². The predicted octanol–water partition coefficient (Wildman–Crippen LogP) is 1.30. The van der Waals surface area contributed by atoms with Crippen molar-refractivity contribution in [3.05, 3.63) is 35.9 Å². The molecule has 0 aromatic heterocycles. The lowest BCUT2D eigenvalue weighted by molar-refractivity contribution is -0.329. The normalized spacial score (nSPS) is 49.1. The van der Waals surface area contributed by atoms with Crippen LogP contribution in [0, 0.1) is 34.5 Å². The van der Waals surface area contributed by atoms with Gasteiger partial charge >= 0.3 is 11.9 Å². The van der Waals surface area contributed by atoms with E-state index in [1.165, 1.54) is 14.0 Å². The number of rotatable bonds is 10. The van der Waals surface area contributed by atoms with Crippen LogP contribution in [0.4, 0.5) is 0 Å². The van der Waals surface area contributed by atoms with Crippen molar-refractivity contribution in [2.24, 2.45) is 34.5 Å². The number of ether oxygens (including phenoxy) is 7. The molecule has 1 aliphatic heterocycles. The monoisotopic (exact) mass is 659 g/mol. The summed E-state index contributed by atoms with van der Waals surface area (Å²) in [5, 5.41) is 25.4. The molecule has 7 rings (SSSR count). The Morgan fingerprint density at radius 1 is 0.979 bits per heavy atom. The number of aliphatic hydroxyl groups excluding tert-OH is 1. The molecule has 5 aliphatic carbocycles. The molecule has 6 fully saturated rings. The van der Waals surface area contributed by atoms with Crippen molar-refractivity contribution in [3.63, 3.8) is 0 Å². The van der Waals surface area contributed by atoms with E-state index in [1.807, 2.05) is 13.0 Å². The third kappa shape index (κ3) is 3.92. The minimum atomic E-state index is -1.74. The van der Waals surface area contributed by atoms with Gasteiger partial charge in [0.1, 0.15) is 35.6 Å². The number of nitrogens with zero attached hydrogens (tertiary/aromatic N) is 1. The van der Waals surface area contributed by atoms with E-state index in [0.717, 1.165) is 0 Å². The maximum Gasteiger partial charge on any atom is 0.338 e. The first-order valence-electron chi connectivity index (χ1n) is 16.7. The second-order valence-electron chi connectivity index (χ2n) is 14.7. The SMILES string of the molecule is CCO[C@@]12C3C4N(C)C[C@]5(COC)[C@H](OC(C)=O)C[C@H](OC)C4([C@@H]4C[C@@](O)([C@H](OC(=O)c6ccccc6)[C@@H]41)[C@@H](OC)[C@@H]2O)[C@@H]5[C@H]3OC. The lowest BCUT2D eigenvalue weighted by Gasteiger charge is -2.70. The van der Waals surface area contributed by atoms with Crippen molar-refractivity contribution in [2.75, 3.05) is 55.2 Å². The van der Waals surface area contributed by atoms with Crippen molar-refractivity contribution in [3.8, 4) is 0 Å². The van der Waals surface area contributed by atoms with Crippen molar-refractivity contribution >= 4 is 11.9 Å². The van der Waals surface area contributed by atoms with Gasteiger partial charge in [-0.15, -0.1) is 0 Å². The van der Waals surface area contributed by atoms with Crippen LogP contribution in [0.25, 0.3) is 0 Å². The summed E-state index contributed by atoms with van der Waals surface area (Å²) in [6, 6.07) is 8.48. The minimum Gasteiger partial charge on any atom is -0.462 e. The molecule has 2 N–H and O–H groups in total. The van der Waals surface area contributed by atoms with Crippen LogP contribution in [0.5, 0.6) is 0 Å². The number of piperidine rings is 1. The molecule has 7 bridgehead atoms. The summed E-state index contributed by atoms with van der Waals surface area (Å²) in [5.41, 5.74) is -4.14. The summed E-state index contributed by atoms with van der Waals surface area (Å²) in [7, 11) is 8.53. The highest BCUT2D eigenvalue weighted by atomic mass is 16.6. The average molecular weight is 660 g/mol. The summed E-state index contributed by atoms with van der Waals surface area (Å²) < 4.78 is 44.4. The van der Waals surface area contributed by atoms with Gasteiger partial charge in [-0.1, -0.05) is 18.2 Å². The van der Waals surface area contributed by atoms with Crippen LogP contribution in [0.3, 0.4) is 0 Å². The third-order valence-electron chi connectivity index (χ3n) is 13.2. The van der Waals surface area contributed by atoms with Crippen molar-refractivity contribution in [1.82, 2.24) is 4.90 Å². The quantitative estimate of drug-likeness (QED) is 0.350. The number of hydrogen-bond donors (Lipinski definition) is 2. The van der Waals surface area contributed by atoms with Gasteiger partial charge < -0.3 is 48.3 Å². The number of methoxy groups -OCH3 is 4. The first-order valence-corrected chi connectivity index (χ1v) is 16.7. The van der Waals surface area contributed by atoms with Crippen molar-refractivity contribution in [1.29, 1.82) is 0 Å². The molecule has 1 saturated heterocycles. The lowest BCUT2D eigenvalue weighted by atomic mass is 9.42. The van der Waals surface area contributed by atoms with Crippen LogP contribution in [-0.2, 0) is 38.0 Å². The van der Waals surface area contributed by atoms with Gasteiger partial charge in [-0.05, 0) is 38.4 Å². The Bertz CT molecular complexity index is 1380. The summed E-state index contributed by atoms with van der Waals surface area (Å²) >= 11 is 0. The van der Waals surface area contributed by atoms with Gasteiger partial charge in [-0.2, -0.15) is 0 Å². The van der Waals surface area contributed by atoms with Crippen molar-refractivity contribution in [2.45, 2.75) is 80.6 Å². The second kappa shape index (κ2) is 11.4. The molecule has 5 saturated carbocycles. The summed E-state index contributed by atoms with van der Waals surface area (Å²) in [6.07, 6.45) is -4.38. The van der Waals surface area contributed by atoms with E-state index in [4.69, 9.17) is 33.2 Å². The molecule has 3 unspecified atom stereocenters. The molecule has 0 amide bonds. The summed E-state index contributed by atoms with van der Waals surface area (Å²) in [4.78, 5) is 28.7. The van der Waals surface area contributed by atoms with E-state index in [2.05, 4.69) is 11.9 Å². The van der Waals surface area contributed by atoms with Gasteiger partial charge in [0.25, 0.3) is 0 Å². The molecule has 47 heavy (non-hydrogen) atoms. The number of carbonyl (C=O) groups excluding carboxylic acids is 2. The molecule has 12 nitrogen and oxygen atoms in total. The van der Waals surface area contributed by atoms with Gasteiger partial charge in [0, 0.05) is 89.6 Å². The van der Waals surface area contributed by atoms with Crippen LogP contribution in [-0.4, -0.2) is 136 Å². The molecule has 260 valence electrons.